The van der Waals surface area contributed by atoms with Gasteiger partial charge < -0.3 is 15.2 Å². The minimum absolute atomic E-state index is 0.0118. The van der Waals surface area contributed by atoms with Crippen LogP contribution in [0.1, 0.15) is 30.1 Å². The van der Waals surface area contributed by atoms with E-state index in [1.807, 2.05) is 0 Å². The number of anilines is 1. The van der Waals surface area contributed by atoms with Crippen LogP contribution in [0.5, 0.6) is 5.75 Å². The molecule has 0 unspecified atom stereocenters. The van der Waals surface area contributed by atoms with Gasteiger partial charge in [0.15, 0.2) is 12.4 Å². The maximum absolute atomic E-state index is 12.1. The van der Waals surface area contributed by atoms with E-state index in [1.54, 1.807) is 25.1 Å². The van der Waals surface area contributed by atoms with Gasteiger partial charge in [-0.25, -0.2) is 0 Å². The first-order valence-corrected chi connectivity index (χ1v) is 7.54. The summed E-state index contributed by atoms with van der Waals surface area (Å²) in [6.07, 6.45) is 0.809. The summed E-state index contributed by atoms with van der Waals surface area (Å²) in [5.74, 6) is -0.235. The van der Waals surface area contributed by atoms with Crippen molar-refractivity contribution in [2.75, 3.05) is 31.2 Å². The Labute approximate surface area is 134 Å². The standard InChI is InChI=1S/C16H20N2O5/c1-2-13(20)11-4-5-14-12(8-11)18(16(22)10-23-14)9-15(21)17-6-3-7-19/h4-5,8,19H,2-3,6-7,9-10H2,1H3,(H,17,21). The van der Waals surface area contributed by atoms with Gasteiger partial charge >= 0.3 is 0 Å². The fourth-order valence-electron chi connectivity index (χ4n) is 2.26. The fraction of sp³-hybridized carbons (Fsp3) is 0.438. The van der Waals surface area contributed by atoms with Crippen LogP contribution in [0, 0.1) is 0 Å². The van der Waals surface area contributed by atoms with Crippen LogP contribution in [0.2, 0.25) is 0 Å². The Morgan fingerprint density at radius 3 is 2.87 bits per heavy atom. The molecule has 1 aliphatic rings. The van der Waals surface area contributed by atoms with Gasteiger partial charge in [-0.3, -0.25) is 19.3 Å². The van der Waals surface area contributed by atoms with E-state index >= 15 is 0 Å². The molecule has 0 bridgehead atoms. The van der Waals surface area contributed by atoms with Crippen LogP contribution in [0.25, 0.3) is 0 Å². The highest BCUT2D eigenvalue weighted by atomic mass is 16.5. The molecule has 1 heterocycles. The predicted molar refractivity (Wildman–Crippen MR) is 83.6 cm³/mol. The van der Waals surface area contributed by atoms with Crippen LogP contribution in [0.3, 0.4) is 0 Å². The molecule has 2 rings (SSSR count). The van der Waals surface area contributed by atoms with E-state index in [1.165, 1.54) is 4.90 Å². The maximum atomic E-state index is 12.1. The highest BCUT2D eigenvalue weighted by Crippen LogP contribution is 2.33. The average Bonchev–Trinajstić information content (AvgIpc) is 2.56. The molecule has 7 heteroatoms. The lowest BCUT2D eigenvalue weighted by Gasteiger charge is -2.29. The van der Waals surface area contributed by atoms with E-state index in [0.29, 0.717) is 36.4 Å². The van der Waals surface area contributed by atoms with E-state index in [2.05, 4.69) is 5.32 Å². The second-order valence-electron chi connectivity index (χ2n) is 5.15. The van der Waals surface area contributed by atoms with Gasteiger partial charge in [-0.05, 0) is 24.6 Å². The Hall–Kier alpha value is -2.41. The number of aliphatic hydroxyl groups excluding tert-OH is 1. The summed E-state index contributed by atoms with van der Waals surface area (Å²) in [6, 6.07) is 4.88. The monoisotopic (exact) mass is 320 g/mol. The average molecular weight is 320 g/mol. The number of hydrogen-bond acceptors (Lipinski definition) is 5. The third kappa shape index (κ3) is 4.07. The number of nitrogens with zero attached hydrogens (tertiary/aromatic N) is 1. The summed E-state index contributed by atoms with van der Waals surface area (Å²) in [6.45, 7) is 1.80. The third-order valence-corrected chi connectivity index (χ3v) is 3.50. The van der Waals surface area contributed by atoms with Crippen LogP contribution in [0.4, 0.5) is 5.69 Å². The second-order valence-corrected chi connectivity index (χ2v) is 5.15. The summed E-state index contributed by atoms with van der Waals surface area (Å²) in [5.41, 5.74) is 0.910. The van der Waals surface area contributed by atoms with Crippen molar-refractivity contribution >= 4 is 23.3 Å². The number of rotatable bonds is 7. The van der Waals surface area contributed by atoms with Crippen molar-refractivity contribution in [3.8, 4) is 5.75 Å². The van der Waals surface area contributed by atoms with Gasteiger partial charge in [0.1, 0.15) is 12.3 Å². The molecule has 0 saturated heterocycles. The van der Waals surface area contributed by atoms with E-state index in [0.717, 1.165) is 0 Å². The molecule has 2 amide bonds. The number of aliphatic hydroxyl groups is 1. The molecule has 1 aliphatic heterocycles. The molecule has 1 aromatic rings. The largest absolute Gasteiger partial charge is 0.482 e. The first-order valence-electron chi connectivity index (χ1n) is 7.54. The van der Waals surface area contributed by atoms with Gasteiger partial charge in [0.2, 0.25) is 5.91 Å². The summed E-state index contributed by atoms with van der Waals surface area (Å²) in [4.78, 5) is 37.1. The number of hydrogen-bond donors (Lipinski definition) is 2. The van der Waals surface area contributed by atoms with Crippen LogP contribution in [-0.2, 0) is 9.59 Å². The zero-order valence-corrected chi connectivity index (χ0v) is 13.0. The van der Waals surface area contributed by atoms with Gasteiger partial charge in [-0.15, -0.1) is 0 Å². The molecule has 124 valence electrons. The molecule has 0 radical (unpaired) electrons. The molecule has 0 aromatic heterocycles. The molecule has 0 fully saturated rings. The van der Waals surface area contributed by atoms with Gasteiger partial charge in [-0.1, -0.05) is 6.92 Å². The van der Waals surface area contributed by atoms with E-state index in [4.69, 9.17) is 9.84 Å². The van der Waals surface area contributed by atoms with Gasteiger partial charge in [0, 0.05) is 25.1 Å². The SMILES string of the molecule is CCC(=O)c1ccc2c(c1)N(CC(=O)NCCCO)C(=O)CO2. The van der Waals surface area contributed by atoms with Gasteiger partial charge in [0.05, 0.1) is 5.69 Å². The second kappa shape index (κ2) is 7.73. The molecule has 7 nitrogen and oxygen atoms in total. The molecular weight excluding hydrogens is 300 g/mol. The Balaban J connectivity index is 2.19. The van der Waals surface area contributed by atoms with E-state index in [-0.39, 0.29) is 37.4 Å². The van der Waals surface area contributed by atoms with Crippen molar-refractivity contribution < 1.29 is 24.2 Å². The highest BCUT2D eigenvalue weighted by Gasteiger charge is 2.28. The lowest BCUT2D eigenvalue weighted by Crippen LogP contribution is -2.45. The normalized spacial score (nSPS) is 13.3. The number of carbonyl (C=O) groups excluding carboxylic acids is 3. The maximum Gasteiger partial charge on any atom is 0.265 e. The first-order chi connectivity index (χ1) is 11.1. The lowest BCUT2D eigenvalue weighted by atomic mass is 10.1. The molecule has 1 aromatic carbocycles. The summed E-state index contributed by atoms with van der Waals surface area (Å²) < 4.78 is 5.35. The van der Waals surface area contributed by atoms with Crippen molar-refractivity contribution in [2.45, 2.75) is 19.8 Å². The zero-order chi connectivity index (χ0) is 16.8. The number of Topliss-reactive ketones (excluding diaryl/α,β-unsaturated/α-hetero) is 1. The van der Waals surface area contributed by atoms with Crippen LogP contribution in [0.15, 0.2) is 18.2 Å². The minimum atomic E-state index is -0.337. The summed E-state index contributed by atoms with van der Waals surface area (Å²) in [5, 5.41) is 11.3. The van der Waals surface area contributed by atoms with Crippen molar-refractivity contribution in [1.29, 1.82) is 0 Å². The quantitative estimate of drug-likeness (QED) is 0.563. The summed E-state index contributed by atoms with van der Waals surface area (Å²) >= 11 is 0. The number of carbonyl (C=O) groups is 3. The fourth-order valence-corrected chi connectivity index (χ4v) is 2.26. The van der Waals surface area contributed by atoms with Crippen molar-refractivity contribution in [2.24, 2.45) is 0 Å². The van der Waals surface area contributed by atoms with Crippen molar-refractivity contribution in [1.82, 2.24) is 5.32 Å². The number of amides is 2. The predicted octanol–water partition coefficient (Wildman–Crippen LogP) is 0.503. The molecule has 23 heavy (non-hydrogen) atoms. The van der Waals surface area contributed by atoms with Crippen molar-refractivity contribution in [3.63, 3.8) is 0 Å². The lowest BCUT2D eigenvalue weighted by molar-refractivity contribution is -0.125. The topological polar surface area (TPSA) is 95.9 Å². The molecule has 0 aliphatic carbocycles. The molecular formula is C16H20N2O5. The zero-order valence-electron chi connectivity index (χ0n) is 13.0. The Kier molecular flexibility index (Phi) is 5.70. The molecule has 0 atom stereocenters. The van der Waals surface area contributed by atoms with Gasteiger partial charge in [0.25, 0.3) is 5.91 Å². The molecule has 0 saturated carbocycles. The number of fused-ring (bicyclic) bond motifs is 1. The number of benzene rings is 1. The van der Waals surface area contributed by atoms with Crippen LogP contribution < -0.4 is 15.0 Å². The molecule has 0 spiro atoms. The van der Waals surface area contributed by atoms with Gasteiger partial charge in [-0.2, -0.15) is 0 Å². The number of ether oxygens (including phenoxy) is 1. The number of nitrogens with one attached hydrogen (secondary N) is 1. The van der Waals surface area contributed by atoms with E-state index in [9.17, 15) is 14.4 Å². The highest BCUT2D eigenvalue weighted by molar-refractivity contribution is 6.04. The Morgan fingerprint density at radius 2 is 2.17 bits per heavy atom. The number of ketones is 1. The van der Waals surface area contributed by atoms with Crippen LogP contribution in [-0.4, -0.2) is 49.0 Å². The van der Waals surface area contributed by atoms with Crippen molar-refractivity contribution in [3.05, 3.63) is 23.8 Å². The third-order valence-electron chi connectivity index (χ3n) is 3.50. The minimum Gasteiger partial charge on any atom is -0.482 e. The summed E-state index contributed by atoms with van der Waals surface area (Å²) in [7, 11) is 0. The molecule has 2 N–H and O–H groups in total. The smallest absolute Gasteiger partial charge is 0.265 e. The Morgan fingerprint density at radius 1 is 1.39 bits per heavy atom. The van der Waals surface area contributed by atoms with E-state index < -0.39 is 0 Å². The van der Waals surface area contributed by atoms with Crippen LogP contribution >= 0.6 is 0 Å². The Bertz CT molecular complexity index is 614. The first kappa shape index (κ1) is 17.0.